The highest BCUT2D eigenvalue weighted by Gasteiger charge is 2.05. The summed E-state index contributed by atoms with van der Waals surface area (Å²) in [5, 5.41) is 9.93. The second-order valence-electron chi connectivity index (χ2n) is 2.65. The number of nitrogens with two attached hydrogens (primary N) is 1. The Morgan fingerprint density at radius 2 is 2.38 bits per heavy atom. The van der Waals surface area contributed by atoms with Gasteiger partial charge in [-0.2, -0.15) is 4.73 Å². The molecule has 13 heavy (non-hydrogen) atoms. The molecule has 0 fully saturated rings. The third-order valence-corrected chi connectivity index (χ3v) is 1.81. The minimum atomic E-state index is -0.576. The number of amides is 1. The number of hydrogen-bond donors (Lipinski definition) is 2. The highest BCUT2D eigenvalue weighted by molar-refractivity contribution is 5.94. The molecule has 0 aliphatic rings. The summed E-state index contributed by atoms with van der Waals surface area (Å²) in [6.07, 6.45) is 2.87. The third-order valence-electron chi connectivity index (χ3n) is 1.81. The molecule has 0 atom stereocenters. The van der Waals surface area contributed by atoms with Crippen molar-refractivity contribution in [3.05, 3.63) is 30.2 Å². The van der Waals surface area contributed by atoms with Crippen molar-refractivity contribution in [2.45, 2.75) is 0 Å². The number of pyridine rings is 1. The Hall–Kier alpha value is -2.04. The van der Waals surface area contributed by atoms with Crippen molar-refractivity contribution in [3.63, 3.8) is 0 Å². The maximum Gasteiger partial charge on any atom is 0.267 e. The Labute approximate surface area is 73.4 Å². The summed E-state index contributed by atoms with van der Waals surface area (Å²) < 4.78 is 0.938. The van der Waals surface area contributed by atoms with Crippen LogP contribution >= 0.6 is 0 Å². The Morgan fingerprint density at radius 3 is 3.08 bits per heavy atom. The van der Waals surface area contributed by atoms with Gasteiger partial charge in [-0.3, -0.25) is 4.79 Å². The zero-order chi connectivity index (χ0) is 9.42. The van der Waals surface area contributed by atoms with E-state index in [-0.39, 0.29) is 5.69 Å². The lowest BCUT2D eigenvalue weighted by atomic mass is 10.2. The predicted molar refractivity (Wildman–Crippen MR) is 45.4 cm³/mol. The van der Waals surface area contributed by atoms with Gasteiger partial charge in [0.2, 0.25) is 0 Å². The monoisotopic (exact) mass is 177 g/mol. The third kappa shape index (κ3) is 1.10. The first-order valence-electron chi connectivity index (χ1n) is 3.64. The Morgan fingerprint density at radius 1 is 1.62 bits per heavy atom. The van der Waals surface area contributed by atoms with Crippen molar-refractivity contribution in [1.29, 1.82) is 0 Å². The molecule has 5 heteroatoms. The van der Waals surface area contributed by atoms with Gasteiger partial charge >= 0.3 is 0 Å². The molecule has 0 aliphatic heterocycles. The molecule has 3 N–H and O–H groups in total. The number of nitrogens with zero attached hydrogens (tertiary/aromatic N) is 2. The molecular weight excluding hydrogens is 170 g/mol. The van der Waals surface area contributed by atoms with Gasteiger partial charge in [-0.05, 0) is 12.1 Å². The maximum absolute atomic E-state index is 10.7. The average Bonchev–Trinajstić information content (AvgIpc) is 2.47. The summed E-state index contributed by atoms with van der Waals surface area (Å²) in [7, 11) is 0. The van der Waals surface area contributed by atoms with Crippen LogP contribution in [0.1, 0.15) is 10.5 Å². The lowest BCUT2D eigenvalue weighted by Crippen LogP contribution is -2.12. The zero-order valence-corrected chi connectivity index (χ0v) is 6.64. The van der Waals surface area contributed by atoms with Gasteiger partial charge in [-0.25, -0.2) is 4.98 Å². The van der Waals surface area contributed by atoms with Crippen LogP contribution in [0.15, 0.2) is 24.5 Å². The molecule has 5 nitrogen and oxygen atoms in total. The van der Waals surface area contributed by atoms with E-state index in [9.17, 15) is 10.0 Å². The van der Waals surface area contributed by atoms with Gasteiger partial charge in [-0.15, -0.1) is 0 Å². The summed E-state index contributed by atoms with van der Waals surface area (Å²) in [4.78, 5) is 14.5. The van der Waals surface area contributed by atoms with E-state index in [1.54, 1.807) is 6.07 Å². The molecule has 2 aromatic heterocycles. The van der Waals surface area contributed by atoms with Gasteiger partial charge in [0.15, 0.2) is 0 Å². The summed E-state index contributed by atoms with van der Waals surface area (Å²) in [5.74, 6) is -0.576. The fraction of sp³-hybridized carbons (Fsp3) is 0. The van der Waals surface area contributed by atoms with Crippen LogP contribution in [0.3, 0.4) is 0 Å². The second kappa shape index (κ2) is 2.48. The molecule has 66 valence electrons. The Bertz CT molecular complexity index is 475. The van der Waals surface area contributed by atoms with Crippen molar-refractivity contribution < 1.29 is 10.0 Å². The van der Waals surface area contributed by atoms with Gasteiger partial charge < -0.3 is 10.9 Å². The van der Waals surface area contributed by atoms with Gasteiger partial charge in [0.05, 0.1) is 6.20 Å². The van der Waals surface area contributed by atoms with Crippen molar-refractivity contribution in [2.24, 2.45) is 5.73 Å². The van der Waals surface area contributed by atoms with Crippen LogP contribution in [-0.2, 0) is 0 Å². The minimum absolute atomic E-state index is 0.193. The molecule has 0 unspecified atom stereocenters. The molecule has 2 rings (SSSR count). The maximum atomic E-state index is 10.7. The van der Waals surface area contributed by atoms with Crippen molar-refractivity contribution in [3.8, 4) is 0 Å². The van der Waals surface area contributed by atoms with Gasteiger partial charge in [0.1, 0.15) is 11.2 Å². The molecular formula is C8H7N3O2. The first kappa shape index (κ1) is 7.60. The van der Waals surface area contributed by atoms with Crippen molar-refractivity contribution >= 4 is 16.8 Å². The Balaban J connectivity index is 2.70. The van der Waals surface area contributed by atoms with Crippen LogP contribution in [0.5, 0.6) is 0 Å². The lowest BCUT2D eigenvalue weighted by Gasteiger charge is -1.96. The van der Waals surface area contributed by atoms with Gasteiger partial charge in [0, 0.05) is 11.6 Å². The first-order chi connectivity index (χ1) is 6.18. The molecule has 2 heterocycles. The highest BCUT2D eigenvalue weighted by Crippen LogP contribution is 2.13. The highest BCUT2D eigenvalue weighted by atomic mass is 16.5. The molecule has 1 amide bonds. The number of hydrogen-bond acceptors (Lipinski definition) is 3. The average molecular weight is 177 g/mol. The van der Waals surface area contributed by atoms with E-state index in [1.165, 1.54) is 18.5 Å². The largest absolute Gasteiger partial charge is 0.428 e. The molecule has 0 radical (unpaired) electrons. The number of rotatable bonds is 1. The topological polar surface area (TPSA) is 81.1 Å². The number of carbonyl (C=O) groups excluding carboxylic acids is 1. The van der Waals surface area contributed by atoms with Crippen LogP contribution in [0.4, 0.5) is 0 Å². The van der Waals surface area contributed by atoms with Crippen LogP contribution < -0.4 is 5.73 Å². The van der Waals surface area contributed by atoms with E-state index >= 15 is 0 Å². The van der Waals surface area contributed by atoms with Crippen LogP contribution in [0.2, 0.25) is 0 Å². The van der Waals surface area contributed by atoms with Gasteiger partial charge in [-0.1, -0.05) is 0 Å². The van der Waals surface area contributed by atoms with E-state index < -0.39 is 5.91 Å². The fourth-order valence-corrected chi connectivity index (χ4v) is 1.15. The van der Waals surface area contributed by atoms with E-state index in [0.29, 0.717) is 5.52 Å². The van der Waals surface area contributed by atoms with E-state index in [2.05, 4.69) is 4.98 Å². The molecule has 0 bridgehead atoms. The first-order valence-corrected chi connectivity index (χ1v) is 3.64. The number of primary amides is 1. The lowest BCUT2D eigenvalue weighted by molar-refractivity contribution is 0.0995. The normalized spacial score (nSPS) is 10.5. The molecule has 0 saturated heterocycles. The van der Waals surface area contributed by atoms with E-state index in [4.69, 9.17) is 5.73 Å². The molecule has 0 aliphatic carbocycles. The SMILES string of the molecule is NC(=O)c1cc2ccn(O)c2cn1. The van der Waals surface area contributed by atoms with Gasteiger partial charge in [0.25, 0.3) is 5.91 Å². The summed E-state index contributed by atoms with van der Waals surface area (Å²) in [6.45, 7) is 0. The second-order valence-corrected chi connectivity index (χ2v) is 2.65. The Kier molecular flexibility index (Phi) is 1.45. The standard InChI is InChI=1S/C8H7N3O2/c9-8(12)6-3-5-1-2-11(13)7(5)4-10-6/h1-4,13H,(H2,9,12). The molecule has 0 saturated carbocycles. The molecule has 0 aromatic carbocycles. The molecule has 0 spiro atoms. The summed E-state index contributed by atoms with van der Waals surface area (Å²) in [6, 6.07) is 3.20. The summed E-state index contributed by atoms with van der Waals surface area (Å²) >= 11 is 0. The van der Waals surface area contributed by atoms with Crippen LogP contribution in [-0.4, -0.2) is 20.8 Å². The fourth-order valence-electron chi connectivity index (χ4n) is 1.15. The molecule has 2 aromatic rings. The minimum Gasteiger partial charge on any atom is -0.428 e. The number of fused-ring (bicyclic) bond motifs is 1. The van der Waals surface area contributed by atoms with Crippen LogP contribution in [0.25, 0.3) is 10.9 Å². The van der Waals surface area contributed by atoms with E-state index in [0.717, 1.165) is 10.1 Å². The number of aromatic nitrogens is 2. The smallest absolute Gasteiger partial charge is 0.267 e. The van der Waals surface area contributed by atoms with Crippen molar-refractivity contribution in [2.75, 3.05) is 0 Å². The van der Waals surface area contributed by atoms with Crippen molar-refractivity contribution in [1.82, 2.24) is 9.71 Å². The quantitative estimate of drug-likeness (QED) is 0.617. The number of carbonyl (C=O) groups is 1. The zero-order valence-electron chi connectivity index (χ0n) is 6.64. The predicted octanol–water partition coefficient (Wildman–Crippen LogP) is 0.372. The summed E-state index contributed by atoms with van der Waals surface area (Å²) in [5.41, 5.74) is 5.78. The van der Waals surface area contributed by atoms with Crippen LogP contribution in [0, 0.1) is 0 Å². The van der Waals surface area contributed by atoms with E-state index in [1.807, 2.05) is 0 Å².